The first-order valence-electron chi connectivity index (χ1n) is 6.68. The van der Waals surface area contributed by atoms with E-state index in [0.29, 0.717) is 6.54 Å². The molecule has 1 aromatic carbocycles. The second-order valence-corrected chi connectivity index (χ2v) is 7.44. The summed E-state index contributed by atoms with van der Waals surface area (Å²) in [6, 6.07) is 7.69. The zero-order chi connectivity index (χ0) is 13.9. The number of hydrogen-bond donors (Lipinski definition) is 1. The van der Waals surface area contributed by atoms with Crippen molar-refractivity contribution >= 4 is 11.8 Å². The molecule has 0 saturated carbocycles. The number of ether oxygens (including phenoxy) is 1. The van der Waals surface area contributed by atoms with Crippen molar-refractivity contribution in [2.45, 2.75) is 24.7 Å². The average Bonchev–Trinajstić information content (AvgIpc) is 2.37. The fourth-order valence-electron chi connectivity index (χ4n) is 2.47. The Hall–Kier alpha value is -0.710. The van der Waals surface area contributed by atoms with Gasteiger partial charge in [0.05, 0.1) is 13.2 Å². The summed E-state index contributed by atoms with van der Waals surface area (Å²) in [4.78, 5) is 2.35. The number of aliphatic hydroxyl groups is 1. The smallest absolute Gasteiger partial charge is 0.119 e. The Kier molecular flexibility index (Phi) is 4.76. The molecule has 106 valence electrons. The fraction of sp³-hybridized carbons (Fsp3) is 0.600. The molecule has 1 aromatic rings. The highest BCUT2D eigenvalue weighted by Crippen LogP contribution is 2.30. The summed E-state index contributed by atoms with van der Waals surface area (Å²) in [6.07, 6.45) is -0.450. The van der Waals surface area contributed by atoms with Crippen LogP contribution >= 0.6 is 11.8 Å². The van der Waals surface area contributed by atoms with E-state index in [-0.39, 0.29) is 4.75 Å². The quantitative estimate of drug-likeness (QED) is 0.919. The number of aliphatic hydroxyl groups excluding tert-OH is 1. The lowest BCUT2D eigenvalue weighted by Gasteiger charge is -2.38. The SMILES string of the molecule is COc1cccc(C(O)CN2CCSC(C)(C)C2)c1. The largest absolute Gasteiger partial charge is 0.497 e. The topological polar surface area (TPSA) is 32.7 Å². The molecule has 2 rings (SSSR count). The van der Waals surface area contributed by atoms with Gasteiger partial charge in [0, 0.05) is 30.1 Å². The van der Waals surface area contributed by atoms with E-state index in [2.05, 4.69) is 18.7 Å². The summed E-state index contributed by atoms with van der Waals surface area (Å²) in [5.74, 6) is 1.93. The fourth-order valence-corrected chi connectivity index (χ4v) is 3.64. The number of nitrogens with zero attached hydrogens (tertiary/aromatic N) is 1. The van der Waals surface area contributed by atoms with Gasteiger partial charge in [-0.25, -0.2) is 0 Å². The third-order valence-corrected chi connectivity index (χ3v) is 4.71. The Bertz CT molecular complexity index is 422. The number of hydrogen-bond acceptors (Lipinski definition) is 4. The lowest BCUT2D eigenvalue weighted by Crippen LogP contribution is -2.44. The molecule has 0 radical (unpaired) electrons. The minimum atomic E-state index is -0.450. The van der Waals surface area contributed by atoms with E-state index < -0.39 is 6.10 Å². The van der Waals surface area contributed by atoms with Gasteiger partial charge < -0.3 is 9.84 Å². The van der Waals surface area contributed by atoms with Gasteiger partial charge in [0.2, 0.25) is 0 Å². The average molecular weight is 281 g/mol. The van der Waals surface area contributed by atoms with Crippen LogP contribution in [0.1, 0.15) is 25.5 Å². The minimum absolute atomic E-state index is 0.284. The Morgan fingerprint density at radius 3 is 2.95 bits per heavy atom. The van der Waals surface area contributed by atoms with E-state index in [9.17, 15) is 5.11 Å². The molecule has 0 bridgehead atoms. The summed E-state index contributed by atoms with van der Waals surface area (Å²) >= 11 is 2.01. The highest BCUT2D eigenvalue weighted by atomic mass is 32.2. The van der Waals surface area contributed by atoms with Crippen LogP contribution in [0.4, 0.5) is 0 Å². The Morgan fingerprint density at radius 2 is 2.26 bits per heavy atom. The molecular weight excluding hydrogens is 258 g/mol. The summed E-state index contributed by atoms with van der Waals surface area (Å²) in [5, 5.41) is 10.4. The van der Waals surface area contributed by atoms with Crippen molar-refractivity contribution in [2.75, 3.05) is 32.5 Å². The first-order chi connectivity index (χ1) is 9.00. The third-order valence-electron chi connectivity index (χ3n) is 3.41. The van der Waals surface area contributed by atoms with Crippen LogP contribution in [-0.2, 0) is 0 Å². The van der Waals surface area contributed by atoms with Crippen LogP contribution in [0.3, 0.4) is 0 Å². The number of methoxy groups -OCH3 is 1. The zero-order valence-electron chi connectivity index (χ0n) is 11.9. The van der Waals surface area contributed by atoms with Crippen molar-refractivity contribution in [1.82, 2.24) is 4.90 Å². The van der Waals surface area contributed by atoms with Gasteiger partial charge in [0.1, 0.15) is 5.75 Å². The molecule has 1 N–H and O–H groups in total. The first kappa shape index (κ1) is 14.7. The number of benzene rings is 1. The number of β-amino-alcohol motifs (C(OH)–C–C–N with tert-alkyl or cyclic N) is 1. The molecule has 4 heteroatoms. The van der Waals surface area contributed by atoms with Crippen molar-refractivity contribution in [3.8, 4) is 5.75 Å². The van der Waals surface area contributed by atoms with Crippen LogP contribution in [0.2, 0.25) is 0 Å². The van der Waals surface area contributed by atoms with E-state index in [0.717, 1.165) is 30.2 Å². The molecule has 0 amide bonds. The monoisotopic (exact) mass is 281 g/mol. The van der Waals surface area contributed by atoms with Crippen LogP contribution < -0.4 is 4.74 Å². The summed E-state index contributed by atoms with van der Waals surface area (Å²) < 4.78 is 5.48. The Balaban J connectivity index is 1.98. The number of thioether (sulfide) groups is 1. The van der Waals surface area contributed by atoms with Crippen molar-refractivity contribution < 1.29 is 9.84 Å². The van der Waals surface area contributed by atoms with Gasteiger partial charge in [-0.05, 0) is 31.5 Å². The molecule has 1 heterocycles. The molecule has 3 nitrogen and oxygen atoms in total. The van der Waals surface area contributed by atoms with Gasteiger partial charge in [-0.3, -0.25) is 4.90 Å². The lowest BCUT2D eigenvalue weighted by atomic mass is 10.1. The molecule has 1 saturated heterocycles. The molecule has 1 aliphatic heterocycles. The Morgan fingerprint density at radius 1 is 1.47 bits per heavy atom. The summed E-state index contributed by atoms with van der Waals surface area (Å²) in [5.41, 5.74) is 0.926. The molecule has 1 fully saturated rings. The predicted molar refractivity (Wildman–Crippen MR) is 80.9 cm³/mol. The van der Waals surface area contributed by atoms with Crippen LogP contribution in [0.15, 0.2) is 24.3 Å². The van der Waals surface area contributed by atoms with Crippen molar-refractivity contribution in [2.24, 2.45) is 0 Å². The van der Waals surface area contributed by atoms with E-state index in [1.165, 1.54) is 0 Å². The molecule has 0 aromatic heterocycles. The molecule has 1 unspecified atom stereocenters. The highest BCUT2D eigenvalue weighted by Gasteiger charge is 2.28. The van der Waals surface area contributed by atoms with Crippen molar-refractivity contribution in [3.05, 3.63) is 29.8 Å². The molecule has 0 aliphatic carbocycles. The van der Waals surface area contributed by atoms with Crippen LogP contribution in [0.5, 0.6) is 5.75 Å². The van der Waals surface area contributed by atoms with Crippen molar-refractivity contribution in [1.29, 1.82) is 0 Å². The molecule has 1 atom stereocenters. The maximum atomic E-state index is 10.4. The van der Waals surface area contributed by atoms with E-state index in [1.807, 2.05) is 36.0 Å². The standard InChI is InChI=1S/C15H23NO2S/c1-15(2)11-16(7-8-19-15)10-14(17)12-5-4-6-13(9-12)18-3/h4-6,9,14,17H,7-8,10-11H2,1-3H3. The maximum absolute atomic E-state index is 10.4. The lowest BCUT2D eigenvalue weighted by molar-refractivity contribution is 0.110. The van der Waals surface area contributed by atoms with Gasteiger partial charge in [0.15, 0.2) is 0 Å². The van der Waals surface area contributed by atoms with Crippen molar-refractivity contribution in [3.63, 3.8) is 0 Å². The van der Waals surface area contributed by atoms with E-state index in [1.54, 1.807) is 7.11 Å². The van der Waals surface area contributed by atoms with E-state index >= 15 is 0 Å². The second-order valence-electron chi connectivity index (χ2n) is 5.64. The zero-order valence-corrected chi connectivity index (χ0v) is 12.7. The molecule has 1 aliphatic rings. The van der Waals surface area contributed by atoms with Gasteiger partial charge in [-0.15, -0.1) is 0 Å². The van der Waals surface area contributed by atoms with Crippen LogP contribution in [-0.4, -0.2) is 47.3 Å². The second kappa shape index (κ2) is 6.16. The maximum Gasteiger partial charge on any atom is 0.119 e. The first-order valence-corrected chi connectivity index (χ1v) is 7.67. The minimum Gasteiger partial charge on any atom is -0.497 e. The summed E-state index contributed by atoms with van der Waals surface area (Å²) in [7, 11) is 1.65. The molecular formula is C15H23NO2S. The van der Waals surface area contributed by atoms with Crippen LogP contribution in [0.25, 0.3) is 0 Å². The van der Waals surface area contributed by atoms with E-state index in [4.69, 9.17) is 4.74 Å². The third kappa shape index (κ3) is 4.13. The highest BCUT2D eigenvalue weighted by molar-refractivity contribution is 8.00. The summed E-state index contributed by atoms with van der Waals surface area (Å²) in [6.45, 7) is 7.30. The van der Waals surface area contributed by atoms with Gasteiger partial charge >= 0.3 is 0 Å². The van der Waals surface area contributed by atoms with Gasteiger partial charge in [0.25, 0.3) is 0 Å². The van der Waals surface area contributed by atoms with Gasteiger partial charge in [-0.2, -0.15) is 11.8 Å². The van der Waals surface area contributed by atoms with Gasteiger partial charge in [-0.1, -0.05) is 12.1 Å². The Labute approximate surface area is 120 Å². The normalized spacial score (nSPS) is 21.1. The number of rotatable bonds is 4. The molecule has 19 heavy (non-hydrogen) atoms. The van der Waals surface area contributed by atoms with Crippen LogP contribution in [0, 0.1) is 0 Å². The predicted octanol–water partition coefficient (Wildman–Crippen LogP) is 2.56. The molecule has 0 spiro atoms.